The van der Waals surface area contributed by atoms with Crippen LogP contribution in [0.4, 0.5) is 0 Å². The van der Waals surface area contributed by atoms with Gasteiger partial charge in [-0.15, -0.1) is 10.2 Å². The first-order valence-electron chi connectivity index (χ1n) is 9.86. The minimum atomic E-state index is 0.364. The topological polar surface area (TPSA) is 120 Å². The molecule has 5 rings (SSSR count). The summed E-state index contributed by atoms with van der Waals surface area (Å²) in [6.07, 6.45) is 5.24. The molecule has 4 heterocycles. The minimum Gasteiger partial charge on any atom is -0.439 e. The van der Waals surface area contributed by atoms with Crippen LogP contribution in [0.3, 0.4) is 0 Å². The van der Waals surface area contributed by atoms with Crippen molar-refractivity contribution in [3.63, 3.8) is 0 Å². The molecule has 0 radical (unpaired) electrons. The molecule has 0 aliphatic rings. The van der Waals surface area contributed by atoms with Crippen molar-refractivity contribution in [2.45, 2.75) is 6.54 Å². The van der Waals surface area contributed by atoms with E-state index in [0.717, 1.165) is 22.4 Å². The number of hydrogen-bond donors (Lipinski definition) is 1. The Kier molecular flexibility index (Phi) is 4.82. The Morgan fingerprint density at radius 3 is 2.78 bits per heavy atom. The summed E-state index contributed by atoms with van der Waals surface area (Å²) < 4.78 is 9.73. The second-order valence-electron chi connectivity index (χ2n) is 7.16. The van der Waals surface area contributed by atoms with Crippen molar-refractivity contribution in [1.82, 2.24) is 29.4 Å². The number of aryl methyl sites for hydroxylation is 1. The van der Waals surface area contributed by atoms with E-state index in [1.807, 2.05) is 47.0 Å². The highest BCUT2D eigenvalue weighted by Gasteiger charge is 2.17. The van der Waals surface area contributed by atoms with Crippen LogP contribution in [0, 0.1) is 11.3 Å². The Balaban J connectivity index is 1.63. The maximum Gasteiger partial charge on any atom is 0.218 e. The van der Waals surface area contributed by atoms with Crippen LogP contribution in [-0.2, 0) is 13.6 Å². The van der Waals surface area contributed by atoms with Gasteiger partial charge in [-0.25, -0.2) is 4.68 Å². The van der Waals surface area contributed by atoms with E-state index in [2.05, 4.69) is 26.3 Å². The average Bonchev–Trinajstić information content (AvgIpc) is 3.45. The van der Waals surface area contributed by atoms with Gasteiger partial charge in [0.1, 0.15) is 17.8 Å². The van der Waals surface area contributed by atoms with Crippen molar-refractivity contribution in [2.24, 2.45) is 12.8 Å². The van der Waals surface area contributed by atoms with E-state index in [1.54, 1.807) is 36.4 Å². The van der Waals surface area contributed by atoms with Crippen molar-refractivity contribution in [1.29, 1.82) is 5.26 Å². The fraction of sp³-hybridized carbons (Fsp3) is 0.0870. The molecule has 0 bridgehead atoms. The van der Waals surface area contributed by atoms with E-state index < -0.39 is 0 Å². The monoisotopic (exact) mass is 422 g/mol. The van der Waals surface area contributed by atoms with Crippen LogP contribution in [0.1, 0.15) is 11.1 Å². The van der Waals surface area contributed by atoms with E-state index in [1.165, 1.54) is 0 Å². The SMILES string of the molecule is Cn1nc(-c2ccccn2)cc1Oc1cc(C#N)ccc1-c1cc(CN)cn2cnnc12. The minimum absolute atomic E-state index is 0.364. The first-order valence-corrected chi connectivity index (χ1v) is 9.86. The predicted molar refractivity (Wildman–Crippen MR) is 118 cm³/mol. The van der Waals surface area contributed by atoms with Gasteiger partial charge in [0, 0.05) is 43.2 Å². The Morgan fingerprint density at radius 1 is 1.09 bits per heavy atom. The summed E-state index contributed by atoms with van der Waals surface area (Å²) in [6, 6.07) is 16.9. The number of fused-ring (bicyclic) bond motifs is 1. The van der Waals surface area contributed by atoms with Gasteiger partial charge >= 0.3 is 0 Å². The largest absolute Gasteiger partial charge is 0.439 e. The number of nitriles is 1. The van der Waals surface area contributed by atoms with Gasteiger partial charge < -0.3 is 10.5 Å². The lowest BCUT2D eigenvalue weighted by molar-refractivity contribution is 0.432. The van der Waals surface area contributed by atoms with E-state index in [0.29, 0.717) is 35.1 Å². The van der Waals surface area contributed by atoms with Crippen molar-refractivity contribution in [3.05, 3.63) is 78.4 Å². The third-order valence-electron chi connectivity index (χ3n) is 5.06. The maximum atomic E-state index is 9.44. The Morgan fingerprint density at radius 2 is 2.00 bits per heavy atom. The van der Waals surface area contributed by atoms with E-state index in [4.69, 9.17) is 10.5 Å². The van der Waals surface area contributed by atoms with E-state index in [9.17, 15) is 5.26 Å². The highest BCUT2D eigenvalue weighted by Crippen LogP contribution is 2.37. The molecule has 32 heavy (non-hydrogen) atoms. The summed E-state index contributed by atoms with van der Waals surface area (Å²) >= 11 is 0. The number of pyridine rings is 2. The lowest BCUT2D eigenvalue weighted by Crippen LogP contribution is -2.01. The third kappa shape index (κ3) is 3.45. The Bertz CT molecular complexity index is 1460. The van der Waals surface area contributed by atoms with Crippen molar-refractivity contribution >= 4 is 5.65 Å². The van der Waals surface area contributed by atoms with Crippen molar-refractivity contribution < 1.29 is 4.74 Å². The molecule has 9 heteroatoms. The second kappa shape index (κ2) is 7.94. The highest BCUT2D eigenvalue weighted by atomic mass is 16.5. The summed E-state index contributed by atoms with van der Waals surface area (Å²) in [6.45, 7) is 0.364. The fourth-order valence-electron chi connectivity index (χ4n) is 3.50. The highest BCUT2D eigenvalue weighted by molar-refractivity contribution is 5.82. The van der Waals surface area contributed by atoms with Crippen LogP contribution < -0.4 is 10.5 Å². The standard InChI is InChI=1S/C23H18N8O/c1-30-22(10-20(29-30)19-4-2-3-7-26-19)32-21-9-15(11-24)5-6-17(21)18-8-16(12-25)13-31-14-27-28-23(18)31/h2-10,13-14H,12,25H2,1H3. The van der Waals surface area contributed by atoms with E-state index >= 15 is 0 Å². The van der Waals surface area contributed by atoms with Gasteiger partial charge in [-0.3, -0.25) is 9.38 Å². The van der Waals surface area contributed by atoms with Gasteiger partial charge in [0.15, 0.2) is 5.65 Å². The molecular weight excluding hydrogens is 404 g/mol. The zero-order valence-electron chi connectivity index (χ0n) is 17.2. The number of ether oxygens (including phenoxy) is 1. The summed E-state index contributed by atoms with van der Waals surface area (Å²) in [4.78, 5) is 4.35. The molecule has 0 spiro atoms. The van der Waals surface area contributed by atoms with Gasteiger partial charge in [0.25, 0.3) is 0 Å². The van der Waals surface area contributed by atoms with Crippen LogP contribution in [0.25, 0.3) is 28.2 Å². The molecule has 0 saturated heterocycles. The third-order valence-corrected chi connectivity index (χ3v) is 5.06. The number of aromatic nitrogens is 6. The quantitative estimate of drug-likeness (QED) is 0.461. The zero-order chi connectivity index (χ0) is 22.1. The van der Waals surface area contributed by atoms with Crippen LogP contribution in [-0.4, -0.2) is 29.4 Å². The number of nitrogens with two attached hydrogens (primary N) is 1. The summed E-state index contributed by atoms with van der Waals surface area (Å²) in [5.74, 6) is 1.01. The zero-order valence-corrected chi connectivity index (χ0v) is 17.2. The van der Waals surface area contributed by atoms with Crippen LogP contribution >= 0.6 is 0 Å². The van der Waals surface area contributed by atoms with E-state index in [-0.39, 0.29) is 0 Å². The molecule has 1 aromatic carbocycles. The molecule has 156 valence electrons. The molecule has 0 fully saturated rings. The first kappa shape index (κ1) is 19.4. The fourth-order valence-corrected chi connectivity index (χ4v) is 3.50. The molecule has 0 atom stereocenters. The molecule has 0 amide bonds. The van der Waals surface area contributed by atoms with Crippen LogP contribution in [0.2, 0.25) is 0 Å². The lowest BCUT2D eigenvalue weighted by atomic mass is 10.0. The second-order valence-corrected chi connectivity index (χ2v) is 7.16. The smallest absolute Gasteiger partial charge is 0.218 e. The number of benzene rings is 1. The van der Waals surface area contributed by atoms with Gasteiger partial charge in [0.05, 0.1) is 17.3 Å². The molecule has 0 unspecified atom stereocenters. The Hall–Kier alpha value is -4.55. The van der Waals surface area contributed by atoms with Crippen LogP contribution in [0.5, 0.6) is 11.6 Å². The molecular formula is C23H18N8O. The van der Waals surface area contributed by atoms with Gasteiger partial charge in [-0.2, -0.15) is 10.4 Å². The number of hydrogen-bond acceptors (Lipinski definition) is 7. The number of nitrogens with zero attached hydrogens (tertiary/aromatic N) is 7. The lowest BCUT2D eigenvalue weighted by Gasteiger charge is -2.13. The predicted octanol–water partition coefficient (Wildman–Crippen LogP) is 3.31. The molecule has 0 aliphatic carbocycles. The maximum absolute atomic E-state index is 9.44. The van der Waals surface area contributed by atoms with Crippen molar-refractivity contribution in [2.75, 3.05) is 0 Å². The van der Waals surface area contributed by atoms with Gasteiger partial charge in [-0.1, -0.05) is 6.07 Å². The van der Waals surface area contributed by atoms with Crippen molar-refractivity contribution in [3.8, 4) is 40.2 Å². The van der Waals surface area contributed by atoms with Gasteiger partial charge in [0.2, 0.25) is 5.88 Å². The number of rotatable bonds is 5. The summed E-state index contributed by atoms with van der Waals surface area (Å²) in [7, 11) is 1.79. The average molecular weight is 422 g/mol. The molecule has 0 saturated carbocycles. The Labute approximate surface area is 183 Å². The molecule has 9 nitrogen and oxygen atoms in total. The van der Waals surface area contributed by atoms with Gasteiger partial charge in [-0.05, 0) is 42.0 Å². The summed E-state index contributed by atoms with van der Waals surface area (Å²) in [5, 5.41) is 22.2. The molecule has 5 aromatic rings. The molecule has 4 aromatic heterocycles. The molecule has 2 N–H and O–H groups in total. The van der Waals surface area contributed by atoms with Crippen LogP contribution in [0.15, 0.2) is 67.3 Å². The normalized spacial score (nSPS) is 10.9. The summed E-state index contributed by atoms with van der Waals surface area (Å²) in [5.41, 5.74) is 10.9. The molecule has 0 aliphatic heterocycles. The first-order chi connectivity index (χ1) is 15.7.